The van der Waals surface area contributed by atoms with Crippen molar-refractivity contribution in [2.75, 3.05) is 13.1 Å². The molecule has 1 amide bonds. The number of aliphatic imine (C=N–C) groups is 1. The predicted molar refractivity (Wildman–Crippen MR) is 102 cm³/mol. The van der Waals surface area contributed by atoms with Gasteiger partial charge >= 0.3 is 0 Å². The molecule has 0 saturated carbocycles. The molecule has 2 aromatic heterocycles. The van der Waals surface area contributed by atoms with E-state index in [0.29, 0.717) is 19.0 Å². The summed E-state index contributed by atoms with van der Waals surface area (Å²) < 4.78 is 5.32. The van der Waals surface area contributed by atoms with E-state index in [1.54, 1.807) is 17.6 Å². The fraction of sp³-hybridized carbons (Fsp3) is 0.444. The third kappa shape index (κ3) is 7.89. The summed E-state index contributed by atoms with van der Waals surface area (Å²) in [6, 6.07) is 7.88. The third-order valence-electron chi connectivity index (χ3n) is 3.15. The molecule has 0 bridgehead atoms. The Labute approximate surface area is 152 Å². The van der Waals surface area contributed by atoms with Crippen LogP contribution in [0.1, 0.15) is 31.4 Å². The fourth-order valence-electron chi connectivity index (χ4n) is 2.13. The van der Waals surface area contributed by atoms with E-state index in [2.05, 4.69) is 27.0 Å². The molecule has 2 aromatic rings. The number of nitrogens with one attached hydrogen (secondary N) is 3. The molecule has 0 radical (unpaired) electrons. The second kappa shape index (κ2) is 9.27. The van der Waals surface area contributed by atoms with Crippen molar-refractivity contribution in [2.45, 2.75) is 39.3 Å². The van der Waals surface area contributed by atoms with Crippen molar-refractivity contribution in [1.82, 2.24) is 16.0 Å². The van der Waals surface area contributed by atoms with Crippen LogP contribution >= 0.6 is 11.3 Å². The zero-order chi connectivity index (χ0) is 18.1. The molecule has 7 heteroatoms. The number of guanidine groups is 1. The lowest BCUT2D eigenvalue weighted by Gasteiger charge is -2.20. The average molecular weight is 362 g/mol. The quantitative estimate of drug-likeness (QED) is 0.522. The van der Waals surface area contributed by atoms with Crippen LogP contribution < -0.4 is 16.0 Å². The SMILES string of the molecule is CC(C)(C)NC(=O)CN=C(NCCc1ccco1)NCc1cccs1. The Morgan fingerprint density at radius 2 is 2.08 bits per heavy atom. The zero-order valence-electron chi connectivity index (χ0n) is 15.0. The Balaban J connectivity index is 1.87. The third-order valence-corrected chi connectivity index (χ3v) is 4.03. The lowest BCUT2D eigenvalue weighted by atomic mass is 10.1. The van der Waals surface area contributed by atoms with E-state index in [4.69, 9.17) is 4.42 Å². The highest BCUT2D eigenvalue weighted by atomic mass is 32.1. The molecule has 0 aromatic carbocycles. The number of rotatable bonds is 7. The molecule has 2 rings (SSSR count). The van der Waals surface area contributed by atoms with Crippen molar-refractivity contribution in [3.63, 3.8) is 0 Å². The first-order valence-corrected chi connectivity index (χ1v) is 9.18. The Bertz CT molecular complexity index is 658. The van der Waals surface area contributed by atoms with Crippen molar-refractivity contribution in [3.8, 4) is 0 Å². The largest absolute Gasteiger partial charge is 0.469 e. The summed E-state index contributed by atoms with van der Waals surface area (Å²) in [5.74, 6) is 1.43. The molecule has 0 saturated heterocycles. The zero-order valence-corrected chi connectivity index (χ0v) is 15.8. The molecule has 3 N–H and O–H groups in total. The van der Waals surface area contributed by atoms with Gasteiger partial charge in [-0.2, -0.15) is 0 Å². The number of hydrogen-bond acceptors (Lipinski definition) is 4. The lowest BCUT2D eigenvalue weighted by Crippen LogP contribution is -2.43. The van der Waals surface area contributed by atoms with E-state index in [1.807, 2.05) is 44.4 Å². The first-order valence-electron chi connectivity index (χ1n) is 8.30. The van der Waals surface area contributed by atoms with Crippen molar-refractivity contribution in [3.05, 3.63) is 46.5 Å². The first kappa shape index (κ1) is 19.1. The number of amides is 1. The van der Waals surface area contributed by atoms with Crippen molar-refractivity contribution >= 4 is 23.2 Å². The Morgan fingerprint density at radius 1 is 1.24 bits per heavy atom. The minimum atomic E-state index is -0.260. The van der Waals surface area contributed by atoms with Crippen LogP contribution in [0.3, 0.4) is 0 Å². The van der Waals surface area contributed by atoms with Crippen LogP contribution in [0.4, 0.5) is 0 Å². The number of nitrogens with zero attached hydrogens (tertiary/aromatic N) is 1. The van der Waals surface area contributed by atoms with Gasteiger partial charge in [0.1, 0.15) is 12.3 Å². The highest BCUT2D eigenvalue weighted by molar-refractivity contribution is 7.09. The van der Waals surface area contributed by atoms with Crippen LogP contribution in [-0.4, -0.2) is 30.5 Å². The highest BCUT2D eigenvalue weighted by Gasteiger charge is 2.13. The molecule has 0 aliphatic heterocycles. The van der Waals surface area contributed by atoms with E-state index in [9.17, 15) is 4.79 Å². The van der Waals surface area contributed by atoms with Crippen molar-refractivity contribution in [2.24, 2.45) is 4.99 Å². The van der Waals surface area contributed by atoms with Crippen LogP contribution in [0.25, 0.3) is 0 Å². The molecular formula is C18H26N4O2S. The van der Waals surface area contributed by atoms with E-state index < -0.39 is 0 Å². The summed E-state index contributed by atoms with van der Waals surface area (Å²) in [4.78, 5) is 17.6. The van der Waals surface area contributed by atoms with Gasteiger partial charge in [0, 0.05) is 23.4 Å². The Morgan fingerprint density at radius 3 is 2.72 bits per heavy atom. The normalized spacial score (nSPS) is 12.0. The smallest absolute Gasteiger partial charge is 0.242 e. The van der Waals surface area contributed by atoms with Gasteiger partial charge < -0.3 is 20.4 Å². The molecule has 136 valence electrons. The van der Waals surface area contributed by atoms with Crippen LogP contribution in [0.2, 0.25) is 0 Å². The van der Waals surface area contributed by atoms with Crippen molar-refractivity contribution in [1.29, 1.82) is 0 Å². The van der Waals surface area contributed by atoms with Crippen molar-refractivity contribution < 1.29 is 9.21 Å². The van der Waals surface area contributed by atoms with Gasteiger partial charge in [0.25, 0.3) is 0 Å². The van der Waals surface area contributed by atoms with Gasteiger partial charge in [0.05, 0.1) is 12.8 Å². The summed E-state index contributed by atoms with van der Waals surface area (Å²) >= 11 is 1.68. The number of furan rings is 1. The number of thiophene rings is 1. The van der Waals surface area contributed by atoms with Crippen LogP contribution in [0, 0.1) is 0 Å². The van der Waals surface area contributed by atoms with Crippen LogP contribution in [0.5, 0.6) is 0 Å². The average Bonchev–Trinajstić information content (AvgIpc) is 3.21. The van der Waals surface area contributed by atoms with E-state index in [-0.39, 0.29) is 18.0 Å². The summed E-state index contributed by atoms with van der Waals surface area (Å²) in [5, 5.41) is 11.4. The van der Waals surface area contributed by atoms with Gasteiger partial charge in [-0.15, -0.1) is 11.3 Å². The first-order chi connectivity index (χ1) is 11.9. The second-order valence-corrected chi connectivity index (χ2v) is 7.68. The predicted octanol–water partition coefficient (Wildman–Crippen LogP) is 2.53. The van der Waals surface area contributed by atoms with Gasteiger partial charge in [0.15, 0.2) is 5.96 Å². The molecule has 6 nitrogen and oxygen atoms in total. The molecular weight excluding hydrogens is 336 g/mol. The molecule has 0 fully saturated rings. The molecule has 2 heterocycles. The minimum absolute atomic E-state index is 0.0811. The van der Waals surface area contributed by atoms with E-state index in [0.717, 1.165) is 12.2 Å². The van der Waals surface area contributed by atoms with Gasteiger partial charge in [-0.1, -0.05) is 6.07 Å². The molecule has 0 unspecified atom stereocenters. The van der Waals surface area contributed by atoms with Gasteiger partial charge in [-0.05, 0) is 44.4 Å². The number of hydrogen-bond donors (Lipinski definition) is 3. The topological polar surface area (TPSA) is 78.7 Å². The lowest BCUT2D eigenvalue weighted by molar-refractivity contribution is -0.121. The number of carbonyl (C=O) groups excluding carboxylic acids is 1. The summed E-state index contributed by atoms with van der Waals surface area (Å²) in [7, 11) is 0. The van der Waals surface area contributed by atoms with E-state index in [1.165, 1.54) is 4.88 Å². The molecule has 25 heavy (non-hydrogen) atoms. The molecule has 0 atom stereocenters. The standard InChI is InChI=1S/C18H26N4O2S/c1-18(2,3)22-16(23)13-21-17(20-12-15-7-5-11-25-15)19-9-8-14-6-4-10-24-14/h4-7,10-11H,8-9,12-13H2,1-3H3,(H,22,23)(H2,19,20,21). The summed E-state index contributed by atoms with van der Waals surface area (Å²) in [6.45, 7) is 7.28. The molecule has 0 aliphatic rings. The van der Waals surface area contributed by atoms with Crippen LogP contribution in [0.15, 0.2) is 45.3 Å². The maximum Gasteiger partial charge on any atom is 0.242 e. The van der Waals surface area contributed by atoms with Crippen LogP contribution in [-0.2, 0) is 17.8 Å². The minimum Gasteiger partial charge on any atom is -0.469 e. The van der Waals surface area contributed by atoms with Gasteiger partial charge in [-0.3, -0.25) is 4.79 Å². The maximum absolute atomic E-state index is 12.0. The molecule has 0 aliphatic carbocycles. The fourth-order valence-corrected chi connectivity index (χ4v) is 2.77. The summed E-state index contributed by atoms with van der Waals surface area (Å²) in [6.07, 6.45) is 2.41. The highest BCUT2D eigenvalue weighted by Crippen LogP contribution is 2.07. The maximum atomic E-state index is 12.0. The van der Waals surface area contributed by atoms with E-state index >= 15 is 0 Å². The second-order valence-electron chi connectivity index (χ2n) is 6.65. The summed E-state index contributed by atoms with van der Waals surface area (Å²) in [5.41, 5.74) is -0.260. The Hall–Kier alpha value is -2.28. The van der Waals surface area contributed by atoms with Gasteiger partial charge in [-0.25, -0.2) is 4.99 Å². The molecule has 0 spiro atoms. The van der Waals surface area contributed by atoms with Gasteiger partial charge in [0.2, 0.25) is 5.91 Å². The Kier molecular flexibility index (Phi) is 7.06. The monoisotopic (exact) mass is 362 g/mol. The number of carbonyl (C=O) groups is 1.